The van der Waals surface area contributed by atoms with Crippen LogP contribution in [0.25, 0.3) is 0 Å². The molecule has 2 rings (SSSR count). The van der Waals surface area contributed by atoms with Crippen LogP contribution in [0.3, 0.4) is 0 Å². The van der Waals surface area contributed by atoms with Gasteiger partial charge in [-0.3, -0.25) is 9.36 Å². The monoisotopic (exact) mass is 248 g/mol. The minimum Gasteiger partial charge on any atom is -0.477 e. The summed E-state index contributed by atoms with van der Waals surface area (Å²) in [7, 11) is 0. The van der Waals surface area contributed by atoms with Gasteiger partial charge in [-0.25, -0.2) is 4.79 Å². The second-order valence-electron chi connectivity index (χ2n) is 4.22. The number of aromatic nitrogens is 4. The highest BCUT2D eigenvalue weighted by Gasteiger charge is 2.12. The zero-order valence-corrected chi connectivity index (χ0v) is 10.4. The van der Waals surface area contributed by atoms with E-state index in [1.807, 2.05) is 16.9 Å². The Hall–Kier alpha value is -2.11. The van der Waals surface area contributed by atoms with Gasteiger partial charge in [0.2, 0.25) is 0 Å². The molecule has 1 atom stereocenters. The standard InChI is InChI=1S/C12H16N4O2/c1-3-9(2)15-7-5-10(14-15)8-16-11(12(17)18)4-6-13-16/h4-7,9H,3,8H2,1-2H3,(H,17,18). The molecule has 6 heteroatoms. The Labute approximate surface area is 105 Å². The van der Waals surface area contributed by atoms with E-state index in [0.717, 1.165) is 12.1 Å². The predicted octanol–water partition coefficient (Wildman–Crippen LogP) is 1.80. The topological polar surface area (TPSA) is 72.9 Å². The highest BCUT2D eigenvalue weighted by Crippen LogP contribution is 2.10. The summed E-state index contributed by atoms with van der Waals surface area (Å²) in [4.78, 5) is 10.9. The molecule has 2 aromatic heterocycles. The van der Waals surface area contributed by atoms with Gasteiger partial charge in [0.1, 0.15) is 5.69 Å². The first-order valence-electron chi connectivity index (χ1n) is 5.91. The molecule has 0 saturated heterocycles. The van der Waals surface area contributed by atoms with E-state index in [1.165, 1.54) is 16.9 Å². The highest BCUT2D eigenvalue weighted by atomic mass is 16.4. The Morgan fingerprint density at radius 2 is 2.28 bits per heavy atom. The number of carbonyl (C=O) groups is 1. The summed E-state index contributed by atoms with van der Waals surface area (Å²) in [6.45, 7) is 4.56. The van der Waals surface area contributed by atoms with E-state index in [1.54, 1.807) is 0 Å². The molecule has 0 aliphatic rings. The Morgan fingerprint density at radius 1 is 1.50 bits per heavy atom. The van der Waals surface area contributed by atoms with Crippen molar-refractivity contribution in [3.63, 3.8) is 0 Å². The third-order valence-electron chi connectivity index (χ3n) is 2.95. The van der Waals surface area contributed by atoms with Crippen molar-refractivity contribution in [1.82, 2.24) is 19.6 Å². The number of carboxylic acids is 1. The van der Waals surface area contributed by atoms with E-state index in [4.69, 9.17) is 5.11 Å². The normalized spacial score (nSPS) is 12.6. The molecule has 1 N–H and O–H groups in total. The largest absolute Gasteiger partial charge is 0.477 e. The SMILES string of the molecule is CCC(C)n1ccc(Cn2nccc2C(=O)O)n1. The van der Waals surface area contributed by atoms with Crippen molar-refractivity contribution in [2.24, 2.45) is 0 Å². The maximum atomic E-state index is 10.9. The summed E-state index contributed by atoms with van der Waals surface area (Å²) in [5, 5.41) is 17.4. The number of carboxylic acid groups (broad SMARTS) is 1. The van der Waals surface area contributed by atoms with Gasteiger partial charge in [-0.15, -0.1) is 0 Å². The number of nitrogens with zero attached hydrogens (tertiary/aromatic N) is 4. The third kappa shape index (κ3) is 2.42. The average molecular weight is 248 g/mol. The quantitative estimate of drug-likeness (QED) is 0.875. The van der Waals surface area contributed by atoms with Crippen molar-refractivity contribution in [1.29, 1.82) is 0 Å². The highest BCUT2D eigenvalue weighted by molar-refractivity contribution is 5.85. The summed E-state index contributed by atoms with van der Waals surface area (Å²) in [6, 6.07) is 3.71. The molecule has 0 fully saturated rings. The van der Waals surface area contributed by atoms with Crippen molar-refractivity contribution in [2.75, 3.05) is 0 Å². The summed E-state index contributed by atoms with van der Waals surface area (Å²) in [5.74, 6) is -0.978. The van der Waals surface area contributed by atoms with E-state index in [2.05, 4.69) is 24.0 Å². The van der Waals surface area contributed by atoms with Gasteiger partial charge in [-0.1, -0.05) is 6.92 Å². The van der Waals surface area contributed by atoms with E-state index in [9.17, 15) is 4.79 Å². The van der Waals surface area contributed by atoms with Gasteiger partial charge in [0, 0.05) is 18.4 Å². The van der Waals surface area contributed by atoms with E-state index < -0.39 is 5.97 Å². The molecule has 0 saturated carbocycles. The Balaban J connectivity index is 2.16. The smallest absolute Gasteiger partial charge is 0.354 e. The van der Waals surface area contributed by atoms with Crippen LogP contribution >= 0.6 is 0 Å². The molecule has 6 nitrogen and oxygen atoms in total. The molecule has 18 heavy (non-hydrogen) atoms. The van der Waals surface area contributed by atoms with Crippen molar-refractivity contribution < 1.29 is 9.90 Å². The van der Waals surface area contributed by atoms with Gasteiger partial charge >= 0.3 is 5.97 Å². The van der Waals surface area contributed by atoms with Gasteiger partial charge < -0.3 is 5.11 Å². The Morgan fingerprint density at radius 3 is 2.94 bits per heavy atom. The lowest BCUT2D eigenvalue weighted by Gasteiger charge is -2.08. The first-order valence-corrected chi connectivity index (χ1v) is 5.91. The van der Waals surface area contributed by atoms with Gasteiger partial charge in [0.25, 0.3) is 0 Å². The minimum atomic E-state index is -0.978. The summed E-state index contributed by atoms with van der Waals surface area (Å²) < 4.78 is 3.32. The third-order valence-corrected chi connectivity index (χ3v) is 2.95. The van der Waals surface area contributed by atoms with Crippen LogP contribution in [0.5, 0.6) is 0 Å². The second kappa shape index (κ2) is 5.03. The molecule has 0 aromatic carbocycles. The molecule has 0 aliphatic carbocycles. The number of aromatic carboxylic acids is 1. The molecule has 0 spiro atoms. The van der Waals surface area contributed by atoms with Crippen molar-refractivity contribution in [3.05, 3.63) is 35.9 Å². The van der Waals surface area contributed by atoms with E-state index in [0.29, 0.717) is 12.6 Å². The number of hydrogen-bond donors (Lipinski definition) is 1. The van der Waals surface area contributed by atoms with Crippen LogP contribution in [0, 0.1) is 0 Å². The Kier molecular flexibility index (Phi) is 3.45. The lowest BCUT2D eigenvalue weighted by molar-refractivity contribution is 0.0684. The van der Waals surface area contributed by atoms with Crippen LogP contribution in [-0.2, 0) is 6.54 Å². The molecular weight excluding hydrogens is 232 g/mol. The van der Waals surface area contributed by atoms with Crippen LogP contribution in [0.1, 0.15) is 42.5 Å². The molecule has 0 amide bonds. The van der Waals surface area contributed by atoms with Gasteiger partial charge in [-0.2, -0.15) is 10.2 Å². The van der Waals surface area contributed by atoms with Crippen molar-refractivity contribution in [2.45, 2.75) is 32.9 Å². The lowest BCUT2D eigenvalue weighted by Crippen LogP contribution is -2.12. The number of hydrogen-bond acceptors (Lipinski definition) is 3. The zero-order valence-electron chi connectivity index (χ0n) is 10.4. The molecule has 2 heterocycles. The summed E-state index contributed by atoms with van der Waals surface area (Å²) in [6.07, 6.45) is 4.39. The molecule has 0 aliphatic heterocycles. The zero-order chi connectivity index (χ0) is 13.1. The molecule has 2 aromatic rings. The Bertz CT molecular complexity index is 544. The summed E-state index contributed by atoms with van der Waals surface area (Å²) >= 11 is 0. The van der Waals surface area contributed by atoms with Crippen molar-refractivity contribution in [3.8, 4) is 0 Å². The fraction of sp³-hybridized carbons (Fsp3) is 0.417. The summed E-state index contributed by atoms with van der Waals surface area (Å²) in [5.41, 5.74) is 0.981. The van der Waals surface area contributed by atoms with E-state index >= 15 is 0 Å². The maximum absolute atomic E-state index is 10.9. The van der Waals surface area contributed by atoms with Crippen LogP contribution in [0.15, 0.2) is 24.5 Å². The van der Waals surface area contributed by atoms with Crippen LogP contribution in [-0.4, -0.2) is 30.6 Å². The molecule has 0 radical (unpaired) electrons. The maximum Gasteiger partial charge on any atom is 0.354 e. The lowest BCUT2D eigenvalue weighted by atomic mass is 10.3. The van der Waals surface area contributed by atoms with E-state index in [-0.39, 0.29) is 5.69 Å². The van der Waals surface area contributed by atoms with Crippen molar-refractivity contribution >= 4 is 5.97 Å². The van der Waals surface area contributed by atoms with Crippen LogP contribution in [0.4, 0.5) is 0 Å². The van der Waals surface area contributed by atoms with Crippen LogP contribution < -0.4 is 0 Å². The number of rotatable bonds is 5. The first kappa shape index (κ1) is 12.3. The second-order valence-corrected chi connectivity index (χ2v) is 4.22. The van der Waals surface area contributed by atoms with Gasteiger partial charge in [-0.05, 0) is 25.5 Å². The molecular formula is C12H16N4O2. The van der Waals surface area contributed by atoms with Gasteiger partial charge in [0.15, 0.2) is 0 Å². The molecule has 0 bridgehead atoms. The molecule has 96 valence electrons. The fourth-order valence-electron chi connectivity index (χ4n) is 1.69. The van der Waals surface area contributed by atoms with Gasteiger partial charge in [0.05, 0.1) is 12.2 Å². The van der Waals surface area contributed by atoms with Crippen LogP contribution in [0.2, 0.25) is 0 Å². The first-order chi connectivity index (χ1) is 8.61. The fourth-order valence-corrected chi connectivity index (χ4v) is 1.69. The predicted molar refractivity (Wildman–Crippen MR) is 65.5 cm³/mol. The average Bonchev–Trinajstić information content (AvgIpc) is 2.97. The minimum absolute atomic E-state index is 0.174. The molecule has 1 unspecified atom stereocenters.